The van der Waals surface area contributed by atoms with E-state index in [0.29, 0.717) is 5.82 Å². The molecular formula is C58H35N3O2. The third kappa shape index (κ3) is 5.71. The van der Waals surface area contributed by atoms with Crippen LogP contribution in [-0.4, -0.2) is 14.5 Å². The number of hydrogen-bond acceptors (Lipinski definition) is 4. The van der Waals surface area contributed by atoms with Crippen LogP contribution in [0.25, 0.3) is 128 Å². The van der Waals surface area contributed by atoms with Gasteiger partial charge in [-0.2, -0.15) is 0 Å². The van der Waals surface area contributed by atoms with Crippen LogP contribution in [0.4, 0.5) is 0 Å². The van der Waals surface area contributed by atoms with Crippen molar-refractivity contribution in [3.63, 3.8) is 0 Å². The maximum Gasteiger partial charge on any atom is 0.160 e. The van der Waals surface area contributed by atoms with E-state index in [1.54, 1.807) is 0 Å². The molecule has 0 unspecified atom stereocenters. The molecule has 63 heavy (non-hydrogen) atoms. The maximum absolute atomic E-state index is 6.23. The van der Waals surface area contributed by atoms with Gasteiger partial charge >= 0.3 is 0 Å². The molecule has 294 valence electrons. The molecule has 5 heteroatoms. The van der Waals surface area contributed by atoms with Gasteiger partial charge in [0.1, 0.15) is 22.3 Å². The van der Waals surface area contributed by atoms with E-state index in [0.717, 1.165) is 122 Å². The molecule has 13 rings (SSSR count). The van der Waals surface area contributed by atoms with E-state index >= 15 is 0 Å². The zero-order valence-corrected chi connectivity index (χ0v) is 33.9. The molecule has 4 heterocycles. The second-order valence-corrected chi connectivity index (χ2v) is 16.1. The van der Waals surface area contributed by atoms with Gasteiger partial charge in [0.2, 0.25) is 0 Å². The fraction of sp³-hybridized carbons (Fsp3) is 0. The highest BCUT2D eigenvalue weighted by Crippen LogP contribution is 2.44. The highest BCUT2D eigenvalue weighted by atomic mass is 16.3. The van der Waals surface area contributed by atoms with Gasteiger partial charge in [-0.1, -0.05) is 152 Å². The van der Waals surface area contributed by atoms with Gasteiger partial charge < -0.3 is 13.4 Å². The lowest BCUT2D eigenvalue weighted by atomic mass is 9.98. The number of furan rings is 2. The first-order chi connectivity index (χ1) is 31.2. The molecule has 0 atom stereocenters. The summed E-state index contributed by atoms with van der Waals surface area (Å²) in [6.07, 6.45) is 0. The van der Waals surface area contributed by atoms with Crippen LogP contribution in [0.3, 0.4) is 0 Å². The lowest BCUT2D eigenvalue weighted by Gasteiger charge is -2.19. The quantitative estimate of drug-likeness (QED) is 0.168. The Kier molecular flexibility index (Phi) is 7.84. The standard InChI is InChI=1S/C58H35N3O2/c1-4-14-36(15-5-1)55-57(56(37-16-6-2-7-17-37)60-58(59-55)38-18-8-3-9-19-38)61-49-28-24-39(41-26-30-53-47(34-41)43-20-10-12-22-51(43)62-53)32-45(49)46-33-40(25-29-50(46)61)42-27-31-54-48(35-42)44-21-11-13-23-52(44)63-54/h1-35H. The van der Waals surface area contributed by atoms with Crippen LogP contribution < -0.4 is 0 Å². The van der Waals surface area contributed by atoms with Gasteiger partial charge in [0, 0.05) is 49.0 Å². The van der Waals surface area contributed by atoms with Crippen molar-refractivity contribution in [1.82, 2.24) is 14.5 Å². The van der Waals surface area contributed by atoms with Gasteiger partial charge in [0.05, 0.1) is 28.1 Å². The van der Waals surface area contributed by atoms with E-state index in [2.05, 4.69) is 174 Å². The lowest BCUT2D eigenvalue weighted by Crippen LogP contribution is -2.06. The van der Waals surface area contributed by atoms with Crippen molar-refractivity contribution < 1.29 is 8.83 Å². The summed E-state index contributed by atoms with van der Waals surface area (Å²) in [5.74, 6) is 0.673. The molecule has 0 amide bonds. The minimum atomic E-state index is 0.673. The van der Waals surface area contributed by atoms with E-state index in [4.69, 9.17) is 18.8 Å². The summed E-state index contributed by atoms with van der Waals surface area (Å²) in [4.78, 5) is 10.9. The van der Waals surface area contributed by atoms with Crippen molar-refractivity contribution >= 4 is 65.7 Å². The van der Waals surface area contributed by atoms with Crippen molar-refractivity contribution in [2.24, 2.45) is 0 Å². The average molecular weight is 806 g/mol. The number of benzene rings is 9. The van der Waals surface area contributed by atoms with E-state index in [-0.39, 0.29) is 0 Å². The SMILES string of the molecule is c1ccc(-c2nc(-c3ccccc3)c(-n3c4ccc(-c5ccc6oc7ccccc7c6c5)cc4c4cc(-c5ccc6oc7ccccc7c6c5)ccc43)c(-c3ccccc3)n2)cc1. The fourth-order valence-electron chi connectivity index (χ4n) is 9.41. The summed E-state index contributed by atoms with van der Waals surface area (Å²) < 4.78 is 14.9. The Morgan fingerprint density at radius 2 is 0.651 bits per heavy atom. The Hall–Kier alpha value is -8.54. The second-order valence-electron chi connectivity index (χ2n) is 16.1. The minimum Gasteiger partial charge on any atom is -0.456 e. The number of aromatic nitrogens is 3. The van der Waals surface area contributed by atoms with Crippen molar-refractivity contribution in [2.45, 2.75) is 0 Å². The molecule has 9 aromatic carbocycles. The Labute approximate surface area is 361 Å². The number of nitrogens with zero attached hydrogens (tertiary/aromatic N) is 3. The minimum absolute atomic E-state index is 0.673. The molecule has 0 bridgehead atoms. The molecule has 0 saturated heterocycles. The first kappa shape index (κ1) is 35.2. The first-order valence-corrected chi connectivity index (χ1v) is 21.2. The van der Waals surface area contributed by atoms with Crippen molar-refractivity contribution in [3.8, 4) is 61.8 Å². The largest absolute Gasteiger partial charge is 0.456 e. The molecule has 0 N–H and O–H groups in total. The van der Waals surface area contributed by atoms with E-state index in [1.807, 2.05) is 42.5 Å². The van der Waals surface area contributed by atoms with Crippen molar-refractivity contribution in [2.75, 3.05) is 0 Å². The third-order valence-electron chi connectivity index (χ3n) is 12.4. The first-order valence-electron chi connectivity index (χ1n) is 21.2. The van der Waals surface area contributed by atoms with Crippen LogP contribution in [0.5, 0.6) is 0 Å². The number of rotatable bonds is 6. The Morgan fingerprint density at radius 3 is 1.11 bits per heavy atom. The summed E-state index contributed by atoms with van der Waals surface area (Å²) in [5.41, 5.74) is 15.7. The summed E-state index contributed by atoms with van der Waals surface area (Å²) in [6.45, 7) is 0. The molecule has 0 saturated carbocycles. The summed E-state index contributed by atoms with van der Waals surface area (Å²) >= 11 is 0. The number of fused-ring (bicyclic) bond motifs is 9. The molecule has 0 spiro atoms. The van der Waals surface area contributed by atoms with E-state index in [9.17, 15) is 0 Å². The molecule has 5 nitrogen and oxygen atoms in total. The Bertz CT molecular complexity index is 3670. The van der Waals surface area contributed by atoms with E-state index in [1.165, 1.54) is 0 Å². The monoisotopic (exact) mass is 805 g/mol. The number of para-hydroxylation sites is 2. The van der Waals surface area contributed by atoms with Crippen LogP contribution in [0.15, 0.2) is 221 Å². The molecule has 0 aliphatic rings. The van der Waals surface area contributed by atoms with Crippen molar-refractivity contribution in [3.05, 3.63) is 212 Å². The van der Waals surface area contributed by atoms with Crippen LogP contribution in [0, 0.1) is 0 Å². The predicted molar refractivity (Wildman–Crippen MR) is 258 cm³/mol. The molecular weight excluding hydrogens is 771 g/mol. The number of hydrogen-bond donors (Lipinski definition) is 0. The molecule has 0 fully saturated rings. The Morgan fingerprint density at radius 1 is 0.286 bits per heavy atom. The summed E-state index contributed by atoms with van der Waals surface area (Å²) in [5, 5.41) is 6.68. The normalized spacial score (nSPS) is 11.8. The predicted octanol–water partition coefficient (Wildman–Crippen LogP) is 15.7. The topological polar surface area (TPSA) is 57.0 Å². The fourth-order valence-corrected chi connectivity index (χ4v) is 9.41. The van der Waals surface area contributed by atoms with Gasteiger partial charge in [0.15, 0.2) is 5.82 Å². The van der Waals surface area contributed by atoms with Gasteiger partial charge in [0.25, 0.3) is 0 Å². The molecule has 0 radical (unpaired) electrons. The van der Waals surface area contributed by atoms with Crippen LogP contribution in [-0.2, 0) is 0 Å². The van der Waals surface area contributed by atoms with Gasteiger partial charge in [-0.15, -0.1) is 0 Å². The summed E-state index contributed by atoms with van der Waals surface area (Å²) in [7, 11) is 0. The molecule has 0 aliphatic carbocycles. The summed E-state index contributed by atoms with van der Waals surface area (Å²) in [6, 6.07) is 74.5. The molecule has 13 aromatic rings. The van der Waals surface area contributed by atoms with Crippen LogP contribution >= 0.6 is 0 Å². The highest BCUT2D eigenvalue weighted by molar-refractivity contribution is 6.14. The van der Waals surface area contributed by atoms with Crippen molar-refractivity contribution in [1.29, 1.82) is 0 Å². The third-order valence-corrected chi connectivity index (χ3v) is 12.4. The zero-order valence-electron chi connectivity index (χ0n) is 33.9. The molecule has 4 aromatic heterocycles. The second kappa shape index (κ2) is 14.0. The van der Waals surface area contributed by atoms with E-state index < -0.39 is 0 Å². The molecule has 0 aliphatic heterocycles. The van der Waals surface area contributed by atoms with Gasteiger partial charge in [-0.25, -0.2) is 9.97 Å². The van der Waals surface area contributed by atoms with Crippen LogP contribution in [0.2, 0.25) is 0 Å². The van der Waals surface area contributed by atoms with Crippen LogP contribution in [0.1, 0.15) is 0 Å². The Balaban J connectivity index is 1.11. The lowest BCUT2D eigenvalue weighted by molar-refractivity contribution is 0.668. The average Bonchev–Trinajstić information content (AvgIpc) is 4.03. The zero-order chi connectivity index (χ0) is 41.4. The van der Waals surface area contributed by atoms with Gasteiger partial charge in [-0.05, 0) is 82.9 Å². The highest BCUT2D eigenvalue weighted by Gasteiger charge is 2.25. The van der Waals surface area contributed by atoms with Gasteiger partial charge in [-0.3, -0.25) is 0 Å². The maximum atomic E-state index is 6.23. The smallest absolute Gasteiger partial charge is 0.160 e.